The first kappa shape index (κ1) is 7.98. The van der Waals surface area contributed by atoms with E-state index in [0.717, 1.165) is 0 Å². The number of nitrogens with zero attached hydrogens (tertiary/aromatic N) is 1. The molecule has 1 rings (SSSR count). The Balaban J connectivity index is 2.25. The fourth-order valence-corrected chi connectivity index (χ4v) is 1.47. The average molecular weight is 144 g/mol. The molecule has 60 valence electrons. The van der Waals surface area contributed by atoms with Gasteiger partial charge in [0.25, 0.3) is 0 Å². The zero-order chi connectivity index (χ0) is 7.40. The molecule has 0 spiro atoms. The van der Waals surface area contributed by atoms with E-state index in [-0.39, 0.29) is 0 Å². The molecular formula is C7H16N2O. The van der Waals surface area contributed by atoms with Crippen LogP contribution in [0.5, 0.6) is 0 Å². The summed E-state index contributed by atoms with van der Waals surface area (Å²) in [7, 11) is 2.13. The molecule has 0 amide bonds. The Morgan fingerprint density at radius 2 is 2.40 bits per heavy atom. The molecule has 2 N–H and O–H groups in total. The highest BCUT2D eigenvalue weighted by Crippen LogP contribution is 2.14. The molecule has 0 radical (unpaired) electrons. The molecule has 3 heteroatoms. The van der Waals surface area contributed by atoms with Gasteiger partial charge in [0.15, 0.2) is 0 Å². The maximum absolute atomic E-state index is 4.99. The Bertz CT molecular complexity index is 95.6. The number of hydrogen-bond acceptors (Lipinski definition) is 3. The van der Waals surface area contributed by atoms with Gasteiger partial charge in [0.2, 0.25) is 0 Å². The van der Waals surface area contributed by atoms with Gasteiger partial charge in [-0.05, 0) is 26.4 Å². The smallest absolute Gasteiger partial charge is 0.0834 e. The second-order valence-corrected chi connectivity index (χ2v) is 2.96. The van der Waals surface area contributed by atoms with Gasteiger partial charge in [-0.25, -0.2) is 5.90 Å². The molecule has 1 unspecified atom stereocenters. The molecule has 1 aliphatic rings. The van der Waals surface area contributed by atoms with Crippen LogP contribution in [0.2, 0.25) is 0 Å². The van der Waals surface area contributed by atoms with Crippen molar-refractivity contribution in [1.82, 2.24) is 4.90 Å². The van der Waals surface area contributed by atoms with Crippen molar-refractivity contribution in [2.24, 2.45) is 5.90 Å². The van der Waals surface area contributed by atoms with E-state index in [2.05, 4.69) is 16.8 Å². The van der Waals surface area contributed by atoms with E-state index in [1.165, 1.54) is 25.8 Å². The van der Waals surface area contributed by atoms with Gasteiger partial charge in [-0.3, -0.25) is 0 Å². The Morgan fingerprint density at radius 1 is 1.60 bits per heavy atom. The number of likely N-dealkylation sites (tertiary alicyclic amines) is 1. The lowest BCUT2D eigenvalue weighted by Gasteiger charge is -2.31. The number of nitrogens with two attached hydrogens (primary N) is 1. The fourth-order valence-electron chi connectivity index (χ4n) is 1.47. The molecule has 1 aliphatic heterocycles. The molecule has 0 aromatic carbocycles. The molecule has 10 heavy (non-hydrogen) atoms. The monoisotopic (exact) mass is 144 g/mol. The van der Waals surface area contributed by atoms with Crippen LogP contribution in [0.3, 0.4) is 0 Å². The number of hydrogen-bond donors (Lipinski definition) is 1. The third kappa shape index (κ3) is 1.94. The number of piperidine rings is 1. The summed E-state index contributed by atoms with van der Waals surface area (Å²) in [6, 6.07) is 0.554. The maximum Gasteiger partial charge on any atom is 0.0834 e. The van der Waals surface area contributed by atoms with Gasteiger partial charge in [0, 0.05) is 6.04 Å². The van der Waals surface area contributed by atoms with Gasteiger partial charge in [0.1, 0.15) is 0 Å². The van der Waals surface area contributed by atoms with E-state index < -0.39 is 0 Å². The van der Waals surface area contributed by atoms with E-state index in [0.29, 0.717) is 12.6 Å². The molecule has 0 saturated carbocycles. The van der Waals surface area contributed by atoms with Gasteiger partial charge in [-0.1, -0.05) is 6.42 Å². The van der Waals surface area contributed by atoms with Crippen molar-refractivity contribution in [2.45, 2.75) is 25.3 Å². The first-order chi connectivity index (χ1) is 4.84. The Morgan fingerprint density at radius 3 is 3.00 bits per heavy atom. The highest BCUT2D eigenvalue weighted by Gasteiger charge is 2.17. The molecule has 1 atom stereocenters. The Labute approximate surface area is 62.1 Å². The fraction of sp³-hybridized carbons (Fsp3) is 1.00. The summed E-state index contributed by atoms with van der Waals surface area (Å²) in [6.07, 6.45) is 3.86. The average Bonchev–Trinajstić information content (AvgIpc) is 1.94. The molecule has 0 aromatic rings. The number of likely N-dealkylation sites (N-methyl/N-ethyl adjacent to an activating group) is 1. The van der Waals surface area contributed by atoms with Crippen LogP contribution in [0.4, 0.5) is 0 Å². The van der Waals surface area contributed by atoms with Crippen LogP contribution >= 0.6 is 0 Å². The van der Waals surface area contributed by atoms with E-state index >= 15 is 0 Å². The molecule has 1 saturated heterocycles. The van der Waals surface area contributed by atoms with Crippen LogP contribution in [-0.4, -0.2) is 31.1 Å². The summed E-state index contributed by atoms with van der Waals surface area (Å²) in [6.45, 7) is 1.87. The molecule has 0 aromatic heterocycles. The molecule has 1 heterocycles. The molecule has 0 bridgehead atoms. The Hall–Kier alpha value is -0.120. The van der Waals surface area contributed by atoms with E-state index in [1.54, 1.807) is 0 Å². The van der Waals surface area contributed by atoms with Crippen molar-refractivity contribution in [1.29, 1.82) is 0 Å². The van der Waals surface area contributed by atoms with Crippen molar-refractivity contribution in [2.75, 3.05) is 20.2 Å². The van der Waals surface area contributed by atoms with Crippen molar-refractivity contribution in [3.8, 4) is 0 Å². The highest BCUT2D eigenvalue weighted by atomic mass is 16.6. The van der Waals surface area contributed by atoms with Crippen molar-refractivity contribution >= 4 is 0 Å². The quantitative estimate of drug-likeness (QED) is 0.569. The third-order valence-corrected chi connectivity index (χ3v) is 2.21. The topological polar surface area (TPSA) is 38.5 Å². The summed E-state index contributed by atoms with van der Waals surface area (Å²) >= 11 is 0. The molecule has 1 fully saturated rings. The first-order valence-corrected chi connectivity index (χ1v) is 3.86. The summed E-state index contributed by atoms with van der Waals surface area (Å²) in [5.74, 6) is 4.99. The van der Waals surface area contributed by atoms with Crippen molar-refractivity contribution in [3.05, 3.63) is 0 Å². The molecule has 0 aliphatic carbocycles. The summed E-state index contributed by atoms with van der Waals surface area (Å²) in [4.78, 5) is 6.93. The highest BCUT2D eigenvalue weighted by molar-refractivity contribution is 4.72. The SMILES string of the molecule is CN1CCCCC1CON. The minimum absolute atomic E-state index is 0.554. The summed E-state index contributed by atoms with van der Waals surface area (Å²) in [5, 5.41) is 0. The van der Waals surface area contributed by atoms with Crippen molar-refractivity contribution < 1.29 is 4.84 Å². The predicted octanol–water partition coefficient (Wildman–Crippen LogP) is 0.361. The van der Waals surface area contributed by atoms with Gasteiger partial charge < -0.3 is 9.74 Å². The van der Waals surface area contributed by atoms with Crippen molar-refractivity contribution in [3.63, 3.8) is 0 Å². The molecule has 3 nitrogen and oxygen atoms in total. The summed E-state index contributed by atoms with van der Waals surface area (Å²) < 4.78 is 0. The van der Waals surface area contributed by atoms with E-state index in [1.807, 2.05) is 0 Å². The lowest BCUT2D eigenvalue weighted by Crippen LogP contribution is -2.39. The lowest BCUT2D eigenvalue weighted by atomic mass is 10.0. The second kappa shape index (κ2) is 3.91. The van der Waals surface area contributed by atoms with Crippen LogP contribution in [-0.2, 0) is 4.84 Å². The van der Waals surface area contributed by atoms with Gasteiger partial charge in [-0.2, -0.15) is 0 Å². The summed E-state index contributed by atoms with van der Waals surface area (Å²) in [5.41, 5.74) is 0. The maximum atomic E-state index is 4.99. The minimum atomic E-state index is 0.554. The largest absolute Gasteiger partial charge is 0.303 e. The molecular weight excluding hydrogens is 128 g/mol. The lowest BCUT2D eigenvalue weighted by molar-refractivity contribution is 0.0531. The normalized spacial score (nSPS) is 28.8. The van der Waals surface area contributed by atoms with Crippen LogP contribution in [0.25, 0.3) is 0 Å². The number of rotatable bonds is 2. The van der Waals surface area contributed by atoms with Gasteiger partial charge in [-0.15, -0.1) is 0 Å². The predicted molar refractivity (Wildman–Crippen MR) is 40.4 cm³/mol. The third-order valence-electron chi connectivity index (χ3n) is 2.21. The first-order valence-electron chi connectivity index (χ1n) is 3.86. The van der Waals surface area contributed by atoms with Crippen LogP contribution in [0, 0.1) is 0 Å². The van der Waals surface area contributed by atoms with Gasteiger partial charge >= 0.3 is 0 Å². The van der Waals surface area contributed by atoms with E-state index in [9.17, 15) is 0 Å². The Kier molecular flexibility index (Phi) is 3.12. The zero-order valence-corrected chi connectivity index (χ0v) is 6.55. The standard InChI is InChI=1S/C7H16N2O/c1-9-5-3-2-4-7(9)6-10-8/h7H,2-6,8H2,1H3. The van der Waals surface area contributed by atoms with Crippen LogP contribution in [0.15, 0.2) is 0 Å². The minimum Gasteiger partial charge on any atom is -0.303 e. The van der Waals surface area contributed by atoms with Crippen LogP contribution < -0.4 is 5.90 Å². The van der Waals surface area contributed by atoms with Crippen LogP contribution in [0.1, 0.15) is 19.3 Å². The second-order valence-electron chi connectivity index (χ2n) is 2.96. The zero-order valence-electron chi connectivity index (χ0n) is 6.55. The van der Waals surface area contributed by atoms with E-state index in [4.69, 9.17) is 5.90 Å². The van der Waals surface area contributed by atoms with Gasteiger partial charge in [0.05, 0.1) is 6.61 Å².